The number of hydrogen-bond donors (Lipinski definition) is 1. The molecule has 0 fully saturated rings. The summed E-state index contributed by atoms with van der Waals surface area (Å²) in [5.74, 6) is -0.163. The van der Waals surface area contributed by atoms with Gasteiger partial charge in [-0.25, -0.2) is 4.98 Å². The Bertz CT molecular complexity index is 1130. The third-order valence-electron chi connectivity index (χ3n) is 4.17. The SMILES string of the molecule is Cc1ccc(-c2cn3c(CC(=O)Nc4cc(Cl)ccc4Cl)csc3n2)cc1. The van der Waals surface area contributed by atoms with E-state index in [0.29, 0.717) is 15.7 Å². The number of nitrogens with one attached hydrogen (secondary N) is 1. The highest BCUT2D eigenvalue weighted by molar-refractivity contribution is 7.15. The number of halogens is 2. The van der Waals surface area contributed by atoms with Crippen molar-refractivity contribution in [3.05, 3.63) is 75.3 Å². The van der Waals surface area contributed by atoms with Crippen molar-refractivity contribution in [1.29, 1.82) is 0 Å². The number of aryl methyl sites for hydroxylation is 1. The first-order chi connectivity index (χ1) is 13.0. The Morgan fingerprint density at radius 3 is 2.74 bits per heavy atom. The van der Waals surface area contributed by atoms with Crippen LogP contribution in [-0.2, 0) is 11.2 Å². The predicted molar refractivity (Wildman–Crippen MR) is 112 cm³/mol. The molecule has 0 aliphatic carbocycles. The largest absolute Gasteiger partial charge is 0.324 e. The van der Waals surface area contributed by atoms with Crippen LogP contribution in [0, 0.1) is 6.92 Å². The molecule has 2 aromatic heterocycles. The molecule has 0 radical (unpaired) electrons. The third-order valence-corrected chi connectivity index (χ3v) is 5.63. The molecule has 1 N–H and O–H groups in total. The minimum Gasteiger partial charge on any atom is -0.324 e. The van der Waals surface area contributed by atoms with Crippen LogP contribution in [0.5, 0.6) is 0 Å². The van der Waals surface area contributed by atoms with Gasteiger partial charge in [0, 0.05) is 27.9 Å². The number of imidazole rings is 1. The number of anilines is 1. The van der Waals surface area contributed by atoms with Gasteiger partial charge >= 0.3 is 0 Å². The number of aromatic nitrogens is 2. The van der Waals surface area contributed by atoms with Crippen LogP contribution in [-0.4, -0.2) is 15.3 Å². The monoisotopic (exact) mass is 415 g/mol. The summed E-state index contributed by atoms with van der Waals surface area (Å²) in [4.78, 5) is 18.0. The molecule has 2 heterocycles. The predicted octanol–water partition coefficient (Wildman–Crippen LogP) is 5.86. The number of carbonyl (C=O) groups is 1. The highest BCUT2D eigenvalue weighted by Gasteiger charge is 2.14. The van der Waals surface area contributed by atoms with E-state index < -0.39 is 0 Å². The van der Waals surface area contributed by atoms with Gasteiger partial charge < -0.3 is 5.32 Å². The van der Waals surface area contributed by atoms with E-state index in [-0.39, 0.29) is 12.3 Å². The van der Waals surface area contributed by atoms with E-state index in [0.717, 1.165) is 21.9 Å². The van der Waals surface area contributed by atoms with Crippen molar-refractivity contribution < 1.29 is 4.79 Å². The van der Waals surface area contributed by atoms with Crippen LogP contribution >= 0.6 is 34.5 Å². The molecule has 0 aliphatic heterocycles. The average Bonchev–Trinajstić information content (AvgIpc) is 3.21. The van der Waals surface area contributed by atoms with Crippen LogP contribution in [0.25, 0.3) is 16.2 Å². The van der Waals surface area contributed by atoms with Gasteiger partial charge in [0.15, 0.2) is 4.96 Å². The number of rotatable bonds is 4. The molecular formula is C20H15Cl2N3OS. The molecule has 0 unspecified atom stereocenters. The number of amides is 1. The van der Waals surface area contributed by atoms with Crippen LogP contribution in [0.2, 0.25) is 10.0 Å². The Morgan fingerprint density at radius 1 is 1.19 bits per heavy atom. The topological polar surface area (TPSA) is 46.4 Å². The van der Waals surface area contributed by atoms with Gasteiger partial charge in [-0.1, -0.05) is 53.0 Å². The molecule has 2 aromatic carbocycles. The Labute approximate surface area is 170 Å². The molecule has 4 rings (SSSR count). The van der Waals surface area contributed by atoms with E-state index in [2.05, 4.69) is 41.5 Å². The van der Waals surface area contributed by atoms with Crippen LogP contribution in [0.4, 0.5) is 5.69 Å². The normalized spacial score (nSPS) is 11.1. The lowest BCUT2D eigenvalue weighted by atomic mass is 10.1. The van der Waals surface area contributed by atoms with Crippen LogP contribution in [0.3, 0.4) is 0 Å². The average molecular weight is 416 g/mol. The van der Waals surface area contributed by atoms with Crippen LogP contribution < -0.4 is 5.32 Å². The number of hydrogen-bond acceptors (Lipinski definition) is 3. The Kier molecular flexibility index (Phi) is 4.91. The molecular weight excluding hydrogens is 401 g/mol. The zero-order valence-corrected chi connectivity index (χ0v) is 16.7. The van der Waals surface area contributed by atoms with Gasteiger partial charge in [0.05, 0.1) is 22.8 Å². The van der Waals surface area contributed by atoms with Gasteiger partial charge in [0.1, 0.15) is 0 Å². The summed E-state index contributed by atoms with van der Waals surface area (Å²) in [6.45, 7) is 2.05. The summed E-state index contributed by atoms with van der Waals surface area (Å²) in [5.41, 5.74) is 4.53. The second kappa shape index (κ2) is 7.35. The maximum absolute atomic E-state index is 12.5. The van der Waals surface area contributed by atoms with Gasteiger partial charge in [0.25, 0.3) is 0 Å². The number of thiazole rings is 1. The summed E-state index contributed by atoms with van der Waals surface area (Å²) in [6.07, 6.45) is 2.18. The second-order valence-electron chi connectivity index (χ2n) is 6.22. The Morgan fingerprint density at radius 2 is 1.96 bits per heavy atom. The zero-order valence-electron chi connectivity index (χ0n) is 14.4. The lowest BCUT2D eigenvalue weighted by Gasteiger charge is -2.07. The molecule has 136 valence electrons. The third kappa shape index (κ3) is 3.86. The van der Waals surface area contributed by atoms with Crippen LogP contribution in [0.1, 0.15) is 11.3 Å². The van der Waals surface area contributed by atoms with E-state index in [1.54, 1.807) is 18.2 Å². The highest BCUT2D eigenvalue weighted by Crippen LogP contribution is 2.27. The molecule has 0 spiro atoms. The van der Waals surface area contributed by atoms with Crippen LogP contribution in [0.15, 0.2) is 54.0 Å². The fourth-order valence-electron chi connectivity index (χ4n) is 2.77. The van der Waals surface area contributed by atoms with E-state index in [1.807, 2.05) is 16.0 Å². The first-order valence-electron chi connectivity index (χ1n) is 8.27. The second-order valence-corrected chi connectivity index (χ2v) is 7.90. The highest BCUT2D eigenvalue weighted by atomic mass is 35.5. The molecule has 0 aliphatic rings. The molecule has 0 saturated heterocycles. The van der Waals surface area contributed by atoms with Crippen molar-refractivity contribution in [2.75, 3.05) is 5.32 Å². The fourth-order valence-corrected chi connectivity index (χ4v) is 3.98. The molecule has 0 saturated carbocycles. The smallest absolute Gasteiger partial charge is 0.230 e. The first-order valence-corrected chi connectivity index (χ1v) is 9.90. The number of nitrogens with zero attached hydrogens (tertiary/aromatic N) is 2. The quantitative estimate of drug-likeness (QED) is 0.453. The fraction of sp³-hybridized carbons (Fsp3) is 0.100. The maximum Gasteiger partial charge on any atom is 0.230 e. The van der Waals surface area contributed by atoms with Crippen molar-refractivity contribution in [2.24, 2.45) is 0 Å². The van der Waals surface area contributed by atoms with Crippen molar-refractivity contribution in [2.45, 2.75) is 13.3 Å². The number of fused-ring (bicyclic) bond motifs is 1. The van der Waals surface area contributed by atoms with Crippen molar-refractivity contribution in [1.82, 2.24) is 9.38 Å². The van der Waals surface area contributed by atoms with Gasteiger partial charge in [-0.2, -0.15) is 0 Å². The lowest BCUT2D eigenvalue weighted by molar-refractivity contribution is -0.115. The first kappa shape index (κ1) is 18.0. The molecule has 1 amide bonds. The molecule has 4 aromatic rings. The Hall–Kier alpha value is -2.34. The van der Waals surface area contributed by atoms with Gasteiger partial charge in [0.2, 0.25) is 5.91 Å². The standard InChI is InChI=1S/C20H15Cl2N3OS/c1-12-2-4-13(5-3-12)18-10-25-15(11-27-20(25)24-18)9-19(26)23-17-8-14(21)6-7-16(17)22/h2-8,10-11H,9H2,1H3,(H,23,26). The lowest BCUT2D eigenvalue weighted by Crippen LogP contribution is -2.15. The summed E-state index contributed by atoms with van der Waals surface area (Å²) in [7, 11) is 0. The van der Waals surface area contributed by atoms with E-state index >= 15 is 0 Å². The summed E-state index contributed by atoms with van der Waals surface area (Å²) in [5, 5.41) is 5.73. The van der Waals surface area contributed by atoms with E-state index in [9.17, 15) is 4.79 Å². The van der Waals surface area contributed by atoms with E-state index in [4.69, 9.17) is 23.2 Å². The molecule has 0 bridgehead atoms. The summed E-state index contributed by atoms with van der Waals surface area (Å²) in [6, 6.07) is 13.2. The molecule has 7 heteroatoms. The number of benzene rings is 2. The van der Waals surface area contributed by atoms with E-state index in [1.165, 1.54) is 16.9 Å². The molecule has 27 heavy (non-hydrogen) atoms. The number of carbonyl (C=O) groups excluding carboxylic acids is 1. The van der Waals surface area contributed by atoms with Gasteiger partial charge in [-0.15, -0.1) is 11.3 Å². The summed E-state index contributed by atoms with van der Waals surface area (Å²) >= 11 is 13.6. The molecule has 4 nitrogen and oxygen atoms in total. The minimum atomic E-state index is -0.163. The zero-order chi connectivity index (χ0) is 19.0. The Balaban J connectivity index is 1.56. The van der Waals surface area contributed by atoms with Crippen molar-refractivity contribution in [3.8, 4) is 11.3 Å². The van der Waals surface area contributed by atoms with Crippen molar-refractivity contribution in [3.63, 3.8) is 0 Å². The minimum absolute atomic E-state index is 0.163. The maximum atomic E-state index is 12.5. The van der Waals surface area contributed by atoms with Gasteiger partial charge in [-0.05, 0) is 25.1 Å². The van der Waals surface area contributed by atoms with Gasteiger partial charge in [-0.3, -0.25) is 9.20 Å². The van der Waals surface area contributed by atoms with Crippen molar-refractivity contribution >= 4 is 51.1 Å². The molecule has 0 atom stereocenters. The summed E-state index contributed by atoms with van der Waals surface area (Å²) < 4.78 is 1.96.